The Morgan fingerprint density at radius 1 is 1.30 bits per heavy atom. The highest BCUT2D eigenvalue weighted by atomic mass is 35.5. The molecular weight excluding hydrogens is 364 g/mol. The molecule has 0 unspecified atom stereocenters. The van der Waals surface area contributed by atoms with Crippen LogP contribution in [0.4, 0.5) is 0 Å². The number of rotatable bonds is 4. The van der Waals surface area contributed by atoms with Gasteiger partial charge in [-0.1, -0.05) is 23.7 Å². The molecule has 1 aliphatic heterocycles. The number of oxazole rings is 1. The van der Waals surface area contributed by atoms with Crippen molar-refractivity contribution in [3.63, 3.8) is 0 Å². The van der Waals surface area contributed by atoms with E-state index < -0.39 is 0 Å². The van der Waals surface area contributed by atoms with E-state index in [9.17, 15) is 4.79 Å². The van der Waals surface area contributed by atoms with E-state index in [2.05, 4.69) is 15.2 Å². The monoisotopic (exact) mass is 382 g/mol. The van der Waals surface area contributed by atoms with Gasteiger partial charge in [0.2, 0.25) is 0 Å². The van der Waals surface area contributed by atoms with E-state index in [1.54, 1.807) is 29.4 Å². The molecule has 0 N–H and O–H groups in total. The van der Waals surface area contributed by atoms with Gasteiger partial charge in [-0.25, -0.2) is 4.98 Å². The molecule has 1 aromatic carbocycles. The average Bonchev–Trinajstić information content (AvgIpc) is 3.17. The molecule has 1 aliphatic rings. The lowest BCUT2D eigenvalue weighted by Crippen LogP contribution is -2.39. The lowest BCUT2D eigenvalue weighted by molar-refractivity contribution is 0.0690. The summed E-state index contributed by atoms with van der Waals surface area (Å²) in [5.74, 6) is 1.47. The molecule has 7 heteroatoms. The normalized spacial score (nSPS) is 17.1. The largest absolute Gasteiger partial charge is 0.445 e. The van der Waals surface area contributed by atoms with Gasteiger partial charge < -0.3 is 9.32 Å². The standard InChI is InChI=1S/C20H19ClN4O2/c21-16-6-1-4-14(10-16)11-17-12-22-19(27-17)15-5-3-9-25(13-15)20(26)18-7-2-8-23-24-18/h1-2,4,6-8,10,12,15H,3,5,9,11,13H2/t15-/m1/s1. The van der Waals surface area contributed by atoms with Gasteiger partial charge in [0.15, 0.2) is 11.6 Å². The van der Waals surface area contributed by atoms with Crippen LogP contribution in [-0.4, -0.2) is 39.1 Å². The lowest BCUT2D eigenvalue weighted by Gasteiger charge is -2.30. The number of hydrogen-bond donors (Lipinski definition) is 0. The summed E-state index contributed by atoms with van der Waals surface area (Å²) in [6.07, 6.45) is 5.82. The summed E-state index contributed by atoms with van der Waals surface area (Å²) in [4.78, 5) is 18.9. The summed E-state index contributed by atoms with van der Waals surface area (Å²) in [6, 6.07) is 11.1. The Morgan fingerprint density at radius 3 is 3.04 bits per heavy atom. The first kappa shape index (κ1) is 17.7. The van der Waals surface area contributed by atoms with Crippen molar-refractivity contribution in [3.8, 4) is 0 Å². The summed E-state index contributed by atoms with van der Waals surface area (Å²) in [6.45, 7) is 1.29. The van der Waals surface area contributed by atoms with Gasteiger partial charge in [0.25, 0.3) is 5.91 Å². The van der Waals surface area contributed by atoms with Gasteiger partial charge in [-0.05, 0) is 42.7 Å². The fourth-order valence-corrected chi connectivity index (χ4v) is 3.59. The minimum absolute atomic E-state index is 0.0903. The fourth-order valence-electron chi connectivity index (χ4n) is 3.38. The summed E-state index contributed by atoms with van der Waals surface area (Å²) in [5, 5.41) is 8.41. The predicted molar refractivity (Wildman–Crippen MR) is 101 cm³/mol. The number of likely N-dealkylation sites (tertiary alicyclic amines) is 1. The second kappa shape index (κ2) is 7.88. The summed E-state index contributed by atoms with van der Waals surface area (Å²) >= 11 is 6.04. The fraction of sp³-hybridized carbons (Fsp3) is 0.300. The van der Waals surface area contributed by atoms with Crippen LogP contribution in [0.2, 0.25) is 5.02 Å². The summed E-state index contributed by atoms with van der Waals surface area (Å²) in [5.41, 5.74) is 1.44. The molecule has 1 amide bonds. The van der Waals surface area contributed by atoms with Crippen LogP contribution in [0.3, 0.4) is 0 Å². The highest BCUT2D eigenvalue weighted by Crippen LogP contribution is 2.28. The van der Waals surface area contributed by atoms with Crippen molar-refractivity contribution >= 4 is 17.5 Å². The van der Waals surface area contributed by atoms with Gasteiger partial charge in [0.1, 0.15) is 5.76 Å². The highest BCUT2D eigenvalue weighted by molar-refractivity contribution is 6.30. The first-order valence-electron chi connectivity index (χ1n) is 8.95. The zero-order valence-corrected chi connectivity index (χ0v) is 15.5. The van der Waals surface area contributed by atoms with Crippen molar-refractivity contribution in [2.24, 2.45) is 0 Å². The van der Waals surface area contributed by atoms with Crippen LogP contribution in [0, 0.1) is 0 Å². The molecule has 0 spiro atoms. The third kappa shape index (κ3) is 4.17. The topological polar surface area (TPSA) is 72.1 Å². The van der Waals surface area contributed by atoms with Crippen molar-refractivity contribution in [2.75, 3.05) is 13.1 Å². The van der Waals surface area contributed by atoms with Crippen LogP contribution in [0.5, 0.6) is 0 Å². The lowest BCUT2D eigenvalue weighted by atomic mass is 9.97. The Balaban J connectivity index is 1.44. The molecule has 0 radical (unpaired) electrons. The first-order chi connectivity index (χ1) is 13.2. The maximum atomic E-state index is 12.6. The minimum atomic E-state index is -0.0986. The number of carbonyl (C=O) groups excluding carboxylic acids is 1. The second-order valence-electron chi connectivity index (χ2n) is 6.67. The van der Waals surface area contributed by atoms with Crippen molar-refractivity contribution in [1.82, 2.24) is 20.1 Å². The minimum Gasteiger partial charge on any atom is -0.445 e. The second-order valence-corrected chi connectivity index (χ2v) is 7.11. The molecule has 3 aromatic rings. The van der Waals surface area contributed by atoms with E-state index >= 15 is 0 Å². The molecule has 6 nitrogen and oxygen atoms in total. The molecule has 2 aromatic heterocycles. The van der Waals surface area contributed by atoms with Crippen LogP contribution in [0.25, 0.3) is 0 Å². The number of aromatic nitrogens is 3. The molecule has 0 bridgehead atoms. The van der Waals surface area contributed by atoms with Gasteiger partial charge >= 0.3 is 0 Å². The number of halogens is 1. The van der Waals surface area contributed by atoms with Crippen LogP contribution in [0.15, 0.2) is 53.2 Å². The van der Waals surface area contributed by atoms with E-state index in [-0.39, 0.29) is 11.8 Å². The van der Waals surface area contributed by atoms with E-state index in [0.717, 1.165) is 24.2 Å². The molecule has 138 valence electrons. The maximum absolute atomic E-state index is 12.6. The van der Waals surface area contributed by atoms with Crippen molar-refractivity contribution in [1.29, 1.82) is 0 Å². The third-order valence-corrected chi connectivity index (χ3v) is 4.92. The first-order valence-corrected chi connectivity index (χ1v) is 9.33. The predicted octanol–water partition coefficient (Wildman–Crippen LogP) is 3.73. The Labute approximate surface area is 162 Å². The van der Waals surface area contributed by atoms with E-state index in [1.165, 1.54) is 0 Å². The molecular formula is C20H19ClN4O2. The molecule has 27 heavy (non-hydrogen) atoms. The Hall–Kier alpha value is -2.73. The number of amides is 1. The molecule has 0 saturated carbocycles. The number of benzene rings is 1. The summed E-state index contributed by atoms with van der Waals surface area (Å²) in [7, 11) is 0. The van der Waals surface area contributed by atoms with Gasteiger partial charge in [-0.3, -0.25) is 4.79 Å². The van der Waals surface area contributed by atoms with Crippen molar-refractivity contribution in [2.45, 2.75) is 25.2 Å². The molecule has 0 aliphatic carbocycles. The highest BCUT2D eigenvalue weighted by Gasteiger charge is 2.29. The van der Waals surface area contributed by atoms with Crippen LogP contribution >= 0.6 is 11.6 Å². The van der Waals surface area contributed by atoms with Crippen LogP contribution in [0.1, 0.15) is 46.5 Å². The van der Waals surface area contributed by atoms with Crippen LogP contribution in [-0.2, 0) is 6.42 Å². The maximum Gasteiger partial charge on any atom is 0.274 e. The Morgan fingerprint density at radius 2 is 2.22 bits per heavy atom. The van der Waals surface area contributed by atoms with Crippen molar-refractivity contribution < 1.29 is 9.21 Å². The number of nitrogens with zero attached hydrogens (tertiary/aromatic N) is 4. The Kier molecular flexibility index (Phi) is 5.16. The molecule has 1 fully saturated rings. The van der Waals surface area contributed by atoms with Gasteiger partial charge in [0, 0.05) is 30.7 Å². The zero-order valence-electron chi connectivity index (χ0n) is 14.7. The van der Waals surface area contributed by atoms with Crippen LogP contribution < -0.4 is 0 Å². The van der Waals surface area contributed by atoms with E-state index in [0.29, 0.717) is 36.1 Å². The number of hydrogen-bond acceptors (Lipinski definition) is 5. The third-order valence-electron chi connectivity index (χ3n) is 4.69. The SMILES string of the molecule is O=C(c1cccnn1)N1CCC[C@@H](c2ncc(Cc3cccc(Cl)c3)o2)C1. The quantitative estimate of drug-likeness (QED) is 0.687. The molecule has 1 saturated heterocycles. The smallest absolute Gasteiger partial charge is 0.274 e. The van der Waals surface area contributed by atoms with Gasteiger partial charge in [0.05, 0.1) is 12.1 Å². The zero-order chi connectivity index (χ0) is 18.6. The molecule has 3 heterocycles. The van der Waals surface area contributed by atoms with Crippen molar-refractivity contribution in [3.05, 3.63) is 76.7 Å². The van der Waals surface area contributed by atoms with Gasteiger partial charge in [-0.15, -0.1) is 5.10 Å². The average molecular weight is 383 g/mol. The van der Waals surface area contributed by atoms with Gasteiger partial charge in [-0.2, -0.15) is 5.10 Å². The Bertz CT molecular complexity index is 928. The summed E-state index contributed by atoms with van der Waals surface area (Å²) < 4.78 is 5.98. The number of piperidine rings is 1. The van der Waals surface area contributed by atoms with E-state index in [4.69, 9.17) is 16.0 Å². The number of carbonyl (C=O) groups is 1. The molecule has 1 atom stereocenters. The molecule has 4 rings (SSSR count). The van der Waals surface area contributed by atoms with E-state index in [1.807, 2.05) is 24.3 Å².